The molecule has 0 atom stereocenters. The molecule has 0 radical (unpaired) electrons. The van der Waals surface area contributed by atoms with Gasteiger partial charge in [0.05, 0.1) is 11.2 Å². The lowest BCUT2D eigenvalue weighted by atomic mass is 9.84. The molecule has 158 valence electrons. The molecule has 2 fully saturated rings. The molecule has 3 aromatic rings. The van der Waals surface area contributed by atoms with E-state index in [0.717, 1.165) is 23.4 Å². The van der Waals surface area contributed by atoms with Gasteiger partial charge in [-0.3, -0.25) is 4.79 Å². The van der Waals surface area contributed by atoms with Crippen molar-refractivity contribution in [1.82, 2.24) is 9.55 Å². The highest BCUT2D eigenvalue weighted by Crippen LogP contribution is 2.38. The number of pyridine rings is 2. The molecule has 2 saturated carbocycles. The number of aromatic nitrogens is 2. The van der Waals surface area contributed by atoms with Gasteiger partial charge >= 0.3 is 0 Å². The molecule has 2 aromatic heterocycles. The number of hydrogen-bond acceptors (Lipinski definition) is 4. The summed E-state index contributed by atoms with van der Waals surface area (Å²) in [7, 11) is 1.76. The summed E-state index contributed by atoms with van der Waals surface area (Å²) in [6.45, 7) is 0.865. The second kappa shape index (κ2) is 8.19. The van der Waals surface area contributed by atoms with E-state index in [2.05, 4.69) is 40.2 Å². The van der Waals surface area contributed by atoms with Crippen molar-refractivity contribution in [3.05, 3.63) is 64.1 Å². The van der Waals surface area contributed by atoms with Crippen LogP contribution >= 0.6 is 0 Å². The monoisotopic (exact) mass is 412 g/mol. The van der Waals surface area contributed by atoms with Crippen LogP contribution in [0.25, 0.3) is 11.0 Å². The van der Waals surface area contributed by atoms with E-state index in [4.69, 9.17) is 0 Å². The van der Waals surface area contributed by atoms with Crippen LogP contribution in [0.1, 0.15) is 62.1 Å². The minimum atomic E-state index is -0.0615. The molecule has 5 heteroatoms. The van der Waals surface area contributed by atoms with Gasteiger partial charge in [-0.1, -0.05) is 31.4 Å². The first-order valence-corrected chi connectivity index (χ1v) is 11.4. The summed E-state index contributed by atoms with van der Waals surface area (Å²) in [6, 6.07) is 16.2. The third-order valence-corrected chi connectivity index (χ3v) is 6.89. The molecular weight excluding hydrogens is 384 g/mol. The van der Waals surface area contributed by atoms with Crippen LogP contribution in [-0.2, 0) is 7.05 Å². The van der Waals surface area contributed by atoms with Crippen LogP contribution < -0.4 is 10.5 Å². The summed E-state index contributed by atoms with van der Waals surface area (Å²) in [6.07, 6.45) is 9.01. The van der Waals surface area contributed by atoms with Gasteiger partial charge in [0.1, 0.15) is 17.3 Å². The lowest BCUT2D eigenvalue weighted by molar-refractivity contribution is 0.443. The molecule has 2 aliphatic carbocycles. The molecule has 0 amide bonds. The maximum atomic E-state index is 12.7. The average Bonchev–Trinajstić information content (AvgIpc) is 3.65. The number of nitrogens with zero attached hydrogens (tertiary/aromatic N) is 4. The summed E-state index contributed by atoms with van der Waals surface area (Å²) in [5.41, 5.74) is 5.07. The number of hydrogen-bond donors (Lipinski definition) is 0. The first-order chi connectivity index (χ1) is 15.1. The molecule has 0 spiro atoms. The molecule has 5 rings (SSSR count). The summed E-state index contributed by atoms with van der Waals surface area (Å²) >= 11 is 0. The van der Waals surface area contributed by atoms with Crippen molar-refractivity contribution in [2.75, 3.05) is 11.4 Å². The highest BCUT2D eigenvalue weighted by Gasteiger charge is 2.27. The zero-order chi connectivity index (χ0) is 21.4. The second-order valence-electron chi connectivity index (χ2n) is 9.08. The quantitative estimate of drug-likeness (QED) is 0.563. The highest BCUT2D eigenvalue weighted by molar-refractivity contribution is 5.91. The molecule has 2 aliphatic rings. The highest BCUT2D eigenvalue weighted by atomic mass is 16.1. The van der Waals surface area contributed by atoms with Crippen molar-refractivity contribution < 1.29 is 0 Å². The maximum absolute atomic E-state index is 12.7. The number of anilines is 2. The van der Waals surface area contributed by atoms with E-state index in [9.17, 15) is 10.1 Å². The zero-order valence-electron chi connectivity index (χ0n) is 18.1. The van der Waals surface area contributed by atoms with E-state index in [1.807, 2.05) is 6.07 Å². The molecule has 5 nitrogen and oxygen atoms in total. The first kappa shape index (κ1) is 19.8. The van der Waals surface area contributed by atoms with E-state index < -0.39 is 0 Å². The van der Waals surface area contributed by atoms with E-state index in [0.29, 0.717) is 23.0 Å². The Hall–Kier alpha value is -3.13. The van der Waals surface area contributed by atoms with Gasteiger partial charge in [-0.25, -0.2) is 4.98 Å². The normalized spacial score (nSPS) is 16.9. The Labute approximate surface area is 183 Å². The van der Waals surface area contributed by atoms with Crippen molar-refractivity contribution in [2.45, 2.75) is 50.9 Å². The Kier molecular flexibility index (Phi) is 5.23. The average molecular weight is 413 g/mol. The summed E-state index contributed by atoms with van der Waals surface area (Å²) in [5, 5.41) is 9.38. The molecule has 1 aromatic carbocycles. The Morgan fingerprint density at radius 3 is 2.48 bits per heavy atom. The standard InChI is InChI=1S/C26H28N4O/c1-29-23-14-11-21(16-27)28-26(23)24(15-25(29)31)30(17-18-7-8-18)22-12-9-20(10-13-22)19-5-3-2-4-6-19/h9-15,18-19H,2-8,17H2,1H3. The molecule has 31 heavy (non-hydrogen) atoms. The van der Waals surface area contributed by atoms with Crippen molar-refractivity contribution in [3.63, 3.8) is 0 Å². The topological polar surface area (TPSA) is 61.9 Å². The van der Waals surface area contributed by atoms with Crippen LogP contribution in [0.2, 0.25) is 0 Å². The minimum absolute atomic E-state index is 0.0615. The lowest BCUT2D eigenvalue weighted by Crippen LogP contribution is -2.25. The van der Waals surface area contributed by atoms with Crippen molar-refractivity contribution in [3.8, 4) is 6.07 Å². The fraction of sp³-hybridized carbons (Fsp3) is 0.423. The van der Waals surface area contributed by atoms with E-state index in [1.54, 1.807) is 23.7 Å². The minimum Gasteiger partial charge on any atom is -0.339 e. The van der Waals surface area contributed by atoms with Gasteiger partial charge in [0.15, 0.2) is 0 Å². The first-order valence-electron chi connectivity index (χ1n) is 11.4. The van der Waals surface area contributed by atoms with Gasteiger partial charge in [-0.15, -0.1) is 0 Å². The number of rotatable bonds is 5. The van der Waals surface area contributed by atoms with Crippen LogP contribution in [0.4, 0.5) is 11.4 Å². The number of aryl methyl sites for hydroxylation is 1. The summed E-state index contributed by atoms with van der Waals surface area (Å²) < 4.78 is 1.61. The Morgan fingerprint density at radius 2 is 1.81 bits per heavy atom. The third kappa shape index (κ3) is 3.95. The summed E-state index contributed by atoms with van der Waals surface area (Å²) in [5.74, 6) is 1.31. The molecule has 0 N–H and O–H groups in total. The predicted molar refractivity (Wildman–Crippen MR) is 124 cm³/mol. The van der Waals surface area contributed by atoms with E-state index in [1.165, 1.54) is 50.5 Å². The Balaban J connectivity index is 1.59. The molecule has 2 heterocycles. The molecule has 0 saturated heterocycles. The van der Waals surface area contributed by atoms with Gasteiger partial charge in [-0.2, -0.15) is 5.26 Å². The van der Waals surface area contributed by atoms with Gasteiger partial charge in [0.25, 0.3) is 5.56 Å². The predicted octanol–water partition coefficient (Wildman–Crippen LogP) is 5.40. The zero-order valence-corrected chi connectivity index (χ0v) is 18.1. The van der Waals surface area contributed by atoms with Crippen molar-refractivity contribution >= 4 is 22.4 Å². The maximum Gasteiger partial charge on any atom is 0.252 e. The SMILES string of the molecule is Cn1c(=O)cc(N(CC2CC2)c2ccc(C3CCCCC3)cc2)c2nc(C#N)ccc21. The Morgan fingerprint density at radius 1 is 1.06 bits per heavy atom. The fourth-order valence-electron chi connectivity index (χ4n) is 4.84. The van der Waals surface area contributed by atoms with Gasteiger partial charge in [0.2, 0.25) is 0 Å². The smallest absolute Gasteiger partial charge is 0.252 e. The van der Waals surface area contributed by atoms with Crippen LogP contribution in [-0.4, -0.2) is 16.1 Å². The third-order valence-electron chi connectivity index (χ3n) is 6.89. The second-order valence-corrected chi connectivity index (χ2v) is 9.08. The number of nitriles is 1. The van der Waals surface area contributed by atoms with Crippen LogP contribution in [0.5, 0.6) is 0 Å². The molecular formula is C26H28N4O. The van der Waals surface area contributed by atoms with E-state index in [-0.39, 0.29) is 5.56 Å². The molecule has 0 bridgehead atoms. The molecule has 0 unspecified atom stereocenters. The van der Waals surface area contributed by atoms with Gasteiger partial charge < -0.3 is 9.47 Å². The lowest BCUT2D eigenvalue weighted by Gasteiger charge is -2.27. The van der Waals surface area contributed by atoms with Crippen molar-refractivity contribution in [2.24, 2.45) is 13.0 Å². The number of fused-ring (bicyclic) bond motifs is 1. The van der Waals surface area contributed by atoms with Crippen LogP contribution in [0, 0.1) is 17.2 Å². The van der Waals surface area contributed by atoms with Crippen LogP contribution in [0.3, 0.4) is 0 Å². The largest absolute Gasteiger partial charge is 0.339 e. The van der Waals surface area contributed by atoms with Gasteiger partial charge in [0, 0.05) is 25.3 Å². The Bertz CT molecular complexity index is 1200. The number of benzene rings is 1. The van der Waals surface area contributed by atoms with Gasteiger partial charge in [-0.05, 0) is 67.3 Å². The van der Waals surface area contributed by atoms with Crippen LogP contribution in [0.15, 0.2) is 47.3 Å². The summed E-state index contributed by atoms with van der Waals surface area (Å²) in [4.78, 5) is 19.6. The van der Waals surface area contributed by atoms with Crippen molar-refractivity contribution in [1.29, 1.82) is 5.26 Å². The molecule has 0 aliphatic heterocycles. The van der Waals surface area contributed by atoms with E-state index >= 15 is 0 Å². The fourth-order valence-corrected chi connectivity index (χ4v) is 4.84.